The van der Waals surface area contributed by atoms with Crippen molar-refractivity contribution in [2.24, 2.45) is 22.9 Å². The maximum Gasteiger partial charge on any atom is 0.414 e. The maximum absolute atomic E-state index is 12.0. The van der Waals surface area contributed by atoms with Crippen molar-refractivity contribution < 1.29 is 19.5 Å². The topological polar surface area (TPSA) is 104 Å². The Kier molecular flexibility index (Phi) is 4.10. The first-order chi connectivity index (χ1) is 12.6. The van der Waals surface area contributed by atoms with Crippen LogP contribution in [0, 0.1) is 17.8 Å². The first-order valence-corrected chi connectivity index (χ1v) is 8.64. The summed E-state index contributed by atoms with van der Waals surface area (Å²) in [6.45, 7) is 2.11. The molecule has 2 fully saturated rings. The molecular weight excluding hydrogens is 336 g/mol. The van der Waals surface area contributed by atoms with Crippen LogP contribution in [-0.2, 0) is 9.53 Å². The van der Waals surface area contributed by atoms with Gasteiger partial charge >= 0.3 is 6.09 Å². The van der Waals surface area contributed by atoms with Gasteiger partial charge in [-0.05, 0) is 36.0 Å². The SMILES string of the molecule is CC(=O)NC[C@H]1CN(c2ccc(C3=CC4C(C=NO)C4C3)nc2)C(=O)O1. The number of rotatable bonds is 5. The summed E-state index contributed by atoms with van der Waals surface area (Å²) in [5.41, 5.74) is 2.78. The molecule has 0 spiro atoms. The van der Waals surface area contributed by atoms with E-state index in [-0.39, 0.29) is 12.0 Å². The maximum atomic E-state index is 12.0. The molecule has 0 aromatic carbocycles. The fourth-order valence-electron chi connectivity index (χ4n) is 3.80. The molecule has 1 saturated carbocycles. The summed E-state index contributed by atoms with van der Waals surface area (Å²) in [5, 5.41) is 14.4. The number of ether oxygens (including phenoxy) is 1. The number of fused-ring (bicyclic) bond motifs is 1. The molecule has 136 valence electrons. The van der Waals surface area contributed by atoms with Crippen molar-refractivity contribution in [3.05, 3.63) is 30.1 Å². The van der Waals surface area contributed by atoms with E-state index in [0.29, 0.717) is 36.5 Å². The third kappa shape index (κ3) is 3.02. The molecule has 3 unspecified atom stereocenters. The van der Waals surface area contributed by atoms with Gasteiger partial charge in [0.25, 0.3) is 0 Å². The average molecular weight is 356 g/mol. The van der Waals surface area contributed by atoms with E-state index in [0.717, 1.165) is 12.1 Å². The smallest absolute Gasteiger partial charge is 0.414 e. The van der Waals surface area contributed by atoms with Crippen molar-refractivity contribution in [2.75, 3.05) is 18.0 Å². The van der Waals surface area contributed by atoms with Crippen LogP contribution in [0.25, 0.3) is 5.57 Å². The second-order valence-electron chi connectivity index (χ2n) is 6.93. The molecule has 0 radical (unpaired) electrons. The fourth-order valence-corrected chi connectivity index (χ4v) is 3.80. The molecule has 1 aromatic rings. The number of hydrogen-bond donors (Lipinski definition) is 2. The molecule has 1 saturated heterocycles. The molecule has 4 atom stereocenters. The zero-order valence-electron chi connectivity index (χ0n) is 14.3. The molecule has 3 aliphatic rings. The van der Waals surface area contributed by atoms with Crippen LogP contribution in [0.15, 0.2) is 29.6 Å². The Morgan fingerprint density at radius 3 is 3.00 bits per heavy atom. The van der Waals surface area contributed by atoms with Gasteiger partial charge in [0.1, 0.15) is 6.10 Å². The quantitative estimate of drug-likeness (QED) is 0.474. The number of nitrogens with one attached hydrogen (secondary N) is 1. The van der Waals surface area contributed by atoms with Gasteiger partial charge in [-0.15, -0.1) is 5.16 Å². The van der Waals surface area contributed by atoms with Gasteiger partial charge in [0.05, 0.1) is 30.7 Å². The number of carbonyl (C=O) groups excluding carboxylic acids is 2. The van der Waals surface area contributed by atoms with E-state index in [2.05, 4.69) is 21.5 Å². The lowest BCUT2D eigenvalue weighted by molar-refractivity contribution is -0.119. The zero-order valence-corrected chi connectivity index (χ0v) is 14.3. The van der Waals surface area contributed by atoms with E-state index in [1.165, 1.54) is 17.4 Å². The normalized spacial score (nSPS) is 29.5. The molecule has 1 aliphatic heterocycles. The molecule has 2 heterocycles. The Labute approximate surface area is 150 Å². The predicted molar refractivity (Wildman–Crippen MR) is 93.9 cm³/mol. The van der Waals surface area contributed by atoms with Crippen LogP contribution in [0.1, 0.15) is 19.0 Å². The van der Waals surface area contributed by atoms with Gasteiger partial charge in [-0.25, -0.2) is 4.79 Å². The standard InChI is InChI=1S/C18H20N4O4/c1-10(23)19-7-13-9-22(18(24)26-13)12-2-3-17(20-6-12)11-4-14-15(5-11)16(14)8-21-25/h2-4,6,8,13-16,25H,5,7,9H2,1H3,(H,19,23)/t13-,14?,15?,16?/m0/s1. The van der Waals surface area contributed by atoms with E-state index in [4.69, 9.17) is 9.94 Å². The average Bonchev–Trinajstić information content (AvgIpc) is 2.99. The van der Waals surface area contributed by atoms with Crippen molar-refractivity contribution in [1.82, 2.24) is 10.3 Å². The summed E-state index contributed by atoms with van der Waals surface area (Å²) < 4.78 is 5.26. The van der Waals surface area contributed by atoms with Gasteiger partial charge in [0.2, 0.25) is 5.91 Å². The molecule has 4 rings (SSSR count). The van der Waals surface area contributed by atoms with Crippen molar-refractivity contribution >= 4 is 29.5 Å². The second kappa shape index (κ2) is 6.44. The van der Waals surface area contributed by atoms with Gasteiger partial charge in [0, 0.05) is 19.1 Å². The lowest BCUT2D eigenvalue weighted by Crippen LogP contribution is -2.33. The number of carbonyl (C=O) groups is 2. The lowest BCUT2D eigenvalue weighted by atomic mass is 10.1. The minimum atomic E-state index is -0.428. The zero-order chi connectivity index (χ0) is 18.3. The second-order valence-corrected chi connectivity index (χ2v) is 6.93. The molecule has 8 heteroatoms. The van der Waals surface area contributed by atoms with Crippen LogP contribution in [0.3, 0.4) is 0 Å². The van der Waals surface area contributed by atoms with Crippen LogP contribution >= 0.6 is 0 Å². The van der Waals surface area contributed by atoms with Crippen molar-refractivity contribution in [3.8, 4) is 0 Å². The number of aromatic nitrogens is 1. The van der Waals surface area contributed by atoms with Gasteiger partial charge < -0.3 is 15.3 Å². The number of anilines is 1. The molecule has 2 amide bonds. The van der Waals surface area contributed by atoms with Crippen molar-refractivity contribution in [1.29, 1.82) is 0 Å². The van der Waals surface area contributed by atoms with Gasteiger partial charge in [0.15, 0.2) is 0 Å². The van der Waals surface area contributed by atoms with Crippen molar-refractivity contribution in [2.45, 2.75) is 19.4 Å². The molecule has 26 heavy (non-hydrogen) atoms. The highest BCUT2D eigenvalue weighted by Crippen LogP contribution is 2.56. The third-order valence-electron chi connectivity index (χ3n) is 5.22. The highest BCUT2D eigenvalue weighted by molar-refractivity contribution is 5.89. The third-order valence-corrected chi connectivity index (χ3v) is 5.22. The number of oxime groups is 1. The summed E-state index contributed by atoms with van der Waals surface area (Å²) >= 11 is 0. The summed E-state index contributed by atoms with van der Waals surface area (Å²) in [6, 6.07) is 3.78. The van der Waals surface area contributed by atoms with E-state index in [9.17, 15) is 9.59 Å². The Bertz CT molecular complexity index is 789. The number of cyclic esters (lactones) is 1. The Morgan fingerprint density at radius 1 is 1.54 bits per heavy atom. The minimum absolute atomic E-state index is 0.152. The van der Waals surface area contributed by atoms with Crippen LogP contribution in [0.5, 0.6) is 0 Å². The monoisotopic (exact) mass is 356 g/mol. The molecule has 2 aliphatic carbocycles. The van der Waals surface area contributed by atoms with E-state index >= 15 is 0 Å². The highest BCUT2D eigenvalue weighted by Gasteiger charge is 2.51. The van der Waals surface area contributed by atoms with Gasteiger partial charge in [-0.2, -0.15) is 0 Å². The van der Waals surface area contributed by atoms with Crippen LogP contribution in [-0.4, -0.2) is 47.6 Å². The van der Waals surface area contributed by atoms with Gasteiger partial charge in [-0.1, -0.05) is 6.08 Å². The van der Waals surface area contributed by atoms with E-state index < -0.39 is 6.09 Å². The molecule has 0 bridgehead atoms. The van der Waals surface area contributed by atoms with Crippen molar-refractivity contribution in [3.63, 3.8) is 0 Å². The Morgan fingerprint density at radius 2 is 2.38 bits per heavy atom. The molecule has 8 nitrogen and oxygen atoms in total. The van der Waals surface area contributed by atoms with E-state index in [1.54, 1.807) is 12.4 Å². The number of allylic oxidation sites excluding steroid dienone is 2. The number of hydrogen-bond acceptors (Lipinski definition) is 6. The first kappa shape index (κ1) is 16.6. The minimum Gasteiger partial charge on any atom is -0.442 e. The molecule has 2 N–H and O–H groups in total. The van der Waals surface area contributed by atoms with Crippen LogP contribution in [0.4, 0.5) is 10.5 Å². The summed E-state index contributed by atoms with van der Waals surface area (Å²) in [5.74, 6) is 1.17. The first-order valence-electron chi connectivity index (χ1n) is 8.64. The fraction of sp³-hybridized carbons (Fsp3) is 0.444. The highest BCUT2D eigenvalue weighted by atomic mass is 16.6. The van der Waals surface area contributed by atoms with E-state index in [1.807, 2.05) is 12.1 Å². The van der Waals surface area contributed by atoms with Crippen LogP contribution in [0.2, 0.25) is 0 Å². The largest absolute Gasteiger partial charge is 0.442 e. The predicted octanol–water partition coefficient (Wildman–Crippen LogP) is 1.65. The number of amides is 2. The molecular formula is C18H20N4O4. The lowest BCUT2D eigenvalue weighted by Gasteiger charge is -2.13. The summed E-state index contributed by atoms with van der Waals surface area (Å²) in [6.07, 6.45) is 5.62. The Balaban J connectivity index is 1.39. The summed E-state index contributed by atoms with van der Waals surface area (Å²) in [7, 11) is 0. The number of pyridine rings is 1. The molecule has 1 aromatic heterocycles. The van der Waals surface area contributed by atoms with Gasteiger partial charge in [-0.3, -0.25) is 14.7 Å². The number of nitrogens with zero attached hydrogens (tertiary/aromatic N) is 3. The Hall–Kier alpha value is -2.90. The van der Waals surface area contributed by atoms with Crippen LogP contribution < -0.4 is 10.2 Å². The summed E-state index contributed by atoms with van der Waals surface area (Å²) in [4.78, 5) is 29.0.